The summed E-state index contributed by atoms with van der Waals surface area (Å²) in [7, 11) is 0. The molecule has 0 fully saturated rings. The van der Waals surface area contributed by atoms with E-state index in [4.69, 9.17) is 9.97 Å². The Hall–Kier alpha value is -3.56. The third-order valence-electron chi connectivity index (χ3n) is 5.28. The predicted molar refractivity (Wildman–Crippen MR) is 123 cm³/mol. The summed E-state index contributed by atoms with van der Waals surface area (Å²) < 4.78 is 2.41. The highest BCUT2D eigenvalue weighted by Crippen LogP contribution is 2.42. The maximum absolute atomic E-state index is 5.03. The second-order valence-electron chi connectivity index (χ2n) is 7.07. The molecule has 6 rings (SSSR count). The summed E-state index contributed by atoms with van der Waals surface area (Å²) in [4.78, 5) is 10.0. The lowest BCUT2D eigenvalue weighted by Gasteiger charge is -2.06. The van der Waals surface area contributed by atoms with Gasteiger partial charge in [-0.25, -0.2) is 9.97 Å². The largest absolute Gasteiger partial charge is 0.226 e. The van der Waals surface area contributed by atoms with Crippen LogP contribution in [0.25, 0.3) is 53.7 Å². The molecular formula is C26H16N2S. The van der Waals surface area contributed by atoms with Crippen molar-refractivity contribution in [2.24, 2.45) is 0 Å². The highest BCUT2D eigenvalue weighted by molar-refractivity contribution is 7.27. The van der Waals surface area contributed by atoms with Gasteiger partial charge in [-0.05, 0) is 10.8 Å². The minimum Gasteiger partial charge on any atom is -0.226 e. The monoisotopic (exact) mass is 388 g/mol. The second-order valence-corrected chi connectivity index (χ2v) is 8.09. The topological polar surface area (TPSA) is 25.8 Å². The van der Waals surface area contributed by atoms with Crippen molar-refractivity contribution in [1.82, 2.24) is 9.97 Å². The van der Waals surface area contributed by atoms with Gasteiger partial charge in [0.2, 0.25) is 0 Å². The lowest BCUT2D eigenvalue weighted by atomic mass is 10.1. The SMILES string of the molecule is c1ccc(-c2nc(-c3ccccc3)c3sc4c5ccccc5ccc4c3n2)cc1. The fourth-order valence-electron chi connectivity index (χ4n) is 3.88. The molecule has 2 nitrogen and oxygen atoms in total. The Morgan fingerprint density at radius 2 is 1.21 bits per heavy atom. The van der Waals surface area contributed by atoms with Crippen molar-refractivity contribution in [2.45, 2.75) is 0 Å². The van der Waals surface area contributed by atoms with Crippen molar-refractivity contribution < 1.29 is 0 Å². The molecule has 0 saturated carbocycles. The molecule has 4 aromatic carbocycles. The predicted octanol–water partition coefficient (Wildman–Crippen LogP) is 7.33. The van der Waals surface area contributed by atoms with Gasteiger partial charge in [-0.2, -0.15) is 0 Å². The van der Waals surface area contributed by atoms with E-state index in [1.54, 1.807) is 11.3 Å². The summed E-state index contributed by atoms with van der Waals surface area (Å²) in [5, 5.41) is 3.72. The lowest BCUT2D eigenvalue weighted by Crippen LogP contribution is -1.93. The van der Waals surface area contributed by atoms with Crippen LogP contribution >= 0.6 is 11.3 Å². The number of hydrogen-bond acceptors (Lipinski definition) is 3. The van der Waals surface area contributed by atoms with Gasteiger partial charge in [-0.15, -0.1) is 11.3 Å². The first kappa shape index (κ1) is 16.4. The van der Waals surface area contributed by atoms with Crippen LogP contribution in [-0.2, 0) is 0 Å². The summed E-state index contributed by atoms with van der Waals surface area (Å²) in [5.41, 5.74) is 4.18. The Balaban J connectivity index is 1.77. The fourth-order valence-corrected chi connectivity index (χ4v) is 5.17. The number of nitrogens with zero attached hydrogens (tertiary/aromatic N) is 2. The van der Waals surface area contributed by atoms with Gasteiger partial charge in [-0.3, -0.25) is 0 Å². The van der Waals surface area contributed by atoms with Crippen molar-refractivity contribution in [3.05, 3.63) is 97.1 Å². The summed E-state index contributed by atoms with van der Waals surface area (Å²) in [5.74, 6) is 0.768. The average molecular weight is 388 g/mol. The summed E-state index contributed by atoms with van der Waals surface area (Å²) in [6, 6.07) is 33.6. The molecule has 2 aromatic heterocycles. The molecule has 0 aliphatic carbocycles. The van der Waals surface area contributed by atoms with Crippen molar-refractivity contribution in [2.75, 3.05) is 0 Å². The molecule has 136 valence electrons. The Morgan fingerprint density at radius 1 is 0.517 bits per heavy atom. The maximum atomic E-state index is 5.03. The Morgan fingerprint density at radius 3 is 2.00 bits per heavy atom. The molecule has 0 spiro atoms. The Bertz CT molecular complexity index is 1490. The summed E-state index contributed by atoms with van der Waals surface area (Å²) in [6.07, 6.45) is 0. The Kier molecular flexibility index (Phi) is 3.68. The molecule has 29 heavy (non-hydrogen) atoms. The van der Waals surface area contributed by atoms with Crippen molar-refractivity contribution in [1.29, 1.82) is 0 Å². The minimum atomic E-state index is 0.768. The lowest BCUT2D eigenvalue weighted by molar-refractivity contribution is 1.24. The molecular weight excluding hydrogens is 372 g/mol. The van der Waals surface area contributed by atoms with Gasteiger partial charge in [0.1, 0.15) is 0 Å². The molecule has 3 heteroatoms. The van der Waals surface area contributed by atoms with Crippen LogP contribution in [0.1, 0.15) is 0 Å². The van der Waals surface area contributed by atoms with Gasteiger partial charge in [0.15, 0.2) is 5.82 Å². The van der Waals surface area contributed by atoms with E-state index in [9.17, 15) is 0 Å². The normalized spacial score (nSPS) is 11.4. The second kappa shape index (κ2) is 6.50. The molecule has 0 aliphatic rings. The molecule has 0 amide bonds. The molecule has 0 unspecified atom stereocenters. The van der Waals surface area contributed by atoms with Crippen LogP contribution in [0, 0.1) is 0 Å². The van der Waals surface area contributed by atoms with E-state index >= 15 is 0 Å². The number of aromatic nitrogens is 2. The van der Waals surface area contributed by atoms with Crippen LogP contribution in [0.2, 0.25) is 0 Å². The molecule has 0 saturated heterocycles. The van der Waals surface area contributed by atoms with Gasteiger partial charge in [-0.1, -0.05) is 97.1 Å². The average Bonchev–Trinajstić information content (AvgIpc) is 3.19. The van der Waals surface area contributed by atoms with Crippen LogP contribution in [0.4, 0.5) is 0 Å². The first-order chi connectivity index (χ1) is 14.4. The van der Waals surface area contributed by atoms with Gasteiger partial charge < -0.3 is 0 Å². The molecule has 0 aliphatic heterocycles. The van der Waals surface area contributed by atoms with Crippen LogP contribution in [0.15, 0.2) is 97.1 Å². The number of benzene rings is 4. The van der Waals surface area contributed by atoms with E-state index < -0.39 is 0 Å². The van der Waals surface area contributed by atoms with E-state index in [1.807, 2.05) is 24.3 Å². The zero-order chi connectivity index (χ0) is 19.2. The number of rotatable bonds is 2. The molecule has 0 N–H and O–H groups in total. The maximum Gasteiger partial charge on any atom is 0.160 e. The molecule has 0 bridgehead atoms. The van der Waals surface area contributed by atoms with Crippen LogP contribution < -0.4 is 0 Å². The van der Waals surface area contributed by atoms with E-state index in [2.05, 4.69) is 72.8 Å². The highest BCUT2D eigenvalue weighted by Gasteiger charge is 2.17. The molecule has 2 heterocycles. The van der Waals surface area contributed by atoms with E-state index in [1.165, 1.54) is 20.9 Å². The molecule has 6 aromatic rings. The minimum absolute atomic E-state index is 0.768. The highest BCUT2D eigenvalue weighted by atomic mass is 32.1. The zero-order valence-corrected chi connectivity index (χ0v) is 16.4. The molecule has 0 radical (unpaired) electrons. The van der Waals surface area contributed by atoms with Gasteiger partial charge >= 0.3 is 0 Å². The van der Waals surface area contributed by atoms with Gasteiger partial charge in [0.25, 0.3) is 0 Å². The summed E-state index contributed by atoms with van der Waals surface area (Å²) in [6.45, 7) is 0. The van der Waals surface area contributed by atoms with E-state index in [0.29, 0.717) is 0 Å². The quantitative estimate of drug-likeness (QED) is 0.310. The van der Waals surface area contributed by atoms with Gasteiger partial charge in [0.05, 0.1) is 15.9 Å². The van der Waals surface area contributed by atoms with Crippen LogP contribution in [-0.4, -0.2) is 9.97 Å². The fraction of sp³-hybridized carbons (Fsp3) is 0. The number of hydrogen-bond donors (Lipinski definition) is 0. The Labute approximate surface area is 172 Å². The van der Waals surface area contributed by atoms with Gasteiger partial charge in [0, 0.05) is 21.2 Å². The van der Waals surface area contributed by atoms with E-state index in [0.717, 1.165) is 32.9 Å². The third kappa shape index (κ3) is 2.63. The number of fused-ring (bicyclic) bond motifs is 5. The summed E-state index contributed by atoms with van der Waals surface area (Å²) >= 11 is 1.79. The smallest absolute Gasteiger partial charge is 0.160 e. The standard InChI is InChI=1S/C26H16N2S/c1-3-10-18(11-4-1)22-25-23(28-26(27-22)19-12-5-2-6-13-19)21-16-15-17-9-7-8-14-20(17)24(21)29-25/h1-16H. The number of thiophene rings is 1. The first-order valence-electron chi connectivity index (χ1n) is 9.61. The van der Waals surface area contributed by atoms with Crippen molar-refractivity contribution in [3.8, 4) is 22.6 Å². The zero-order valence-electron chi connectivity index (χ0n) is 15.5. The van der Waals surface area contributed by atoms with Crippen molar-refractivity contribution in [3.63, 3.8) is 0 Å². The van der Waals surface area contributed by atoms with Crippen molar-refractivity contribution >= 4 is 42.4 Å². The third-order valence-corrected chi connectivity index (χ3v) is 6.52. The van der Waals surface area contributed by atoms with E-state index in [-0.39, 0.29) is 0 Å². The molecule has 0 atom stereocenters. The van der Waals surface area contributed by atoms with Crippen LogP contribution in [0.5, 0.6) is 0 Å². The first-order valence-corrected chi connectivity index (χ1v) is 10.4. The van der Waals surface area contributed by atoms with Crippen LogP contribution in [0.3, 0.4) is 0 Å².